The predicted octanol–water partition coefficient (Wildman–Crippen LogP) is 4.49. The van der Waals surface area contributed by atoms with Crippen molar-refractivity contribution in [2.45, 2.75) is 16.1 Å². The Labute approximate surface area is 116 Å². The summed E-state index contributed by atoms with van der Waals surface area (Å²) in [6.45, 7) is 0. The third kappa shape index (κ3) is 3.33. The third-order valence-corrected chi connectivity index (χ3v) is 3.77. The Balaban J connectivity index is 2.30. The number of para-hydroxylation sites is 1. The number of halogens is 4. The van der Waals surface area contributed by atoms with E-state index in [4.69, 9.17) is 17.3 Å². The van der Waals surface area contributed by atoms with Gasteiger partial charge in [-0.2, -0.15) is 13.2 Å². The van der Waals surface area contributed by atoms with E-state index in [1.54, 1.807) is 24.3 Å². The number of hydrogen-bond acceptors (Lipinski definition) is 3. The van der Waals surface area contributed by atoms with Gasteiger partial charge in [-0.25, -0.2) is 4.98 Å². The van der Waals surface area contributed by atoms with Crippen molar-refractivity contribution >= 4 is 29.1 Å². The molecule has 0 aliphatic rings. The van der Waals surface area contributed by atoms with Crippen molar-refractivity contribution in [2.24, 2.45) is 0 Å². The standard InChI is InChI=1S/C12H8ClF3N2S/c13-8-5-7(12(14,15)16)6-18-11(8)19-10-4-2-1-3-9(10)17/h1-6H,17H2. The highest BCUT2D eigenvalue weighted by molar-refractivity contribution is 7.99. The van der Waals surface area contributed by atoms with Gasteiger partial charge in [0.05, 0.1) is 10.6 Å². The zero-order valence-corrected chi connectivity index (χ0v) is 11.0. The monoisotopic (exact) mass is 304 g/mol. The summed E-state index contributed by atoms with van der Waals surface area (Å²) in [6, 6.07) is 7.84. The average Bonchev–Trinajstić information content (AvgIpc) is 2.33. The van der Waals surface area contributed by atoms with Crippen LogP contribution in [0.2, 0.25) is 5.02 Å². The molecular weight excluding hydrogens is 297 g/mol. The number of rotatable bonds is 2. The smallest absolute Gasteiger partial charge is 0.398 e. The van der Waals surface area contributed by atoms with Gasteiger partial charge in [0.1, 0.15) is 5.03 Å². The van der Waals surface area contributed by atoms with Gasteiger partial charge < -0.3 is 5.73 Å². The van der Waals surface area contributed by atoms with Crippen LogP contribution in [0.15, 0.2) is 46.5 Å². The van der Waals surface area contributed by atoms with Crippen LogP contribution in [0.25, 0.3) is 0 Å². The molecule has 1 aromatic carbocycles. The van der Waals surface area contributed by atoms with Gasteiger partial charge in [-0.1, -0.05) is 35.5 Å². The van der Waals surface area contributed by atoms with E-state index >= 15 is 0 Å². The highest BCUT2D eigenvalue weighted by atomic mass is 35.5. The Kier molecular flexibility index (Phi) is 3.91. The Morgan fingerprint density at radius 1 is 1.21 bits per heavy atom. The van der Waals surface area contributed by atoms with Crippen molar-refractivity contribution in [1.82, 2.24) is 4.98 Å². The zero-order chi connectivity index (χ0) is 14.0. The number of hydrogen-bond donors (Lipinski definition) is 1. The summed E-state index contributed by atoms with van der Waals surface area (Å²) in [6.07, 6.45) is -3.70. The highest BCUT2D eigenvalue weighted by Gasteiger charge is 2.31. The molecule has 0 saturated carbocycles. The summed E-state index contributed by atoms with van der Waals surface area (Å²) in [7, 11) is 0. The van der Waals surface area contributed by atoms with Crippen LogP contribution in [0.1, 0.15) is 5.56 Å². The molecule has 2 nitrogen and oxygen atoms in total. The van der Waals surface area contributed by atoms with E-state index in [-0.39, 0.29) is 10.0 Å². The number of pyridine rings is 1. The molecule has 0 saturated heterocycles. The number of nitrogens with two attached hydrogens (primary N) is 1. The molecule has 7 heteroatoms. The number of aromatic nitrogens is 1. The fourth-order valence-electron chi connectivity index (χ4n) is 1.33. The second-order valence-corrected chi connectivity index (χ2v) is 5.09. The van der Waals surface area contributed by atoms with E-state index in [2.05, 4.69) is 4.98 Å². The molecule has 0 bridgehead atoms. The molecule has 0 aliphatic heterocycles. The Bertz CT molecular complexity index is 602. The summed E-state index contributed by atoms with van der Waals surface area (Å²) in [5.41, 5.74) is 5.39. The first kappa shape index (κ1) is 14.0. The van der Waals surface area contributed by atoms with Crippen molar-refractivity contribution < 1.29 is 13.2 Å². The van der Waals surface area contributed by atoms with E-state index in [1.165, 1.54) is 0 Å². The Morgan fingerprint density at radius 3 is 2.47 bits per heavy atom. The van der Waals surface area contributed by atoms with Crippen LogP contribution in [0.3, 0.4) is 0 Å². The first-order valence-electron chi connectivity index (χ1n) is 5.13. The van der Waals surface area contributed by atoms with Crippen LogP contribution in [0, 0.1) is 0 Å². The minimum Gasteiger partial charge on any atom is -0.398 e. The van der Waals surface area contributed by atoms with Crippen LogP contribution < -0.4 is 5.73 Å². The first-order chi connectivity index (χ1) is 8.88. The van der Waals surface area contributed by atoms with E-state index in [1.807, 2.05) is 0 Å². The van der Waals surface area contributed by atoms with Gasteiger partial charge in [0.25, 0.3) is 0 Å². The fourth-order valence-corrected chi connectivity index (χ4v) is 2.42. The largest absolute Gasteiger partial charge is 0.417 e. The molecule has 1 aromatic heterocycles. The highest BCUT2D eigenvalue weighted by Crippen LogP contribution is 2.37. The molecule has 2 N–H and O–H groups in total. The normalized spacial score (nSPS) is 11.6. The number of alkyl halides is 3. The van der Waals surface area contributed by atoms with Crippen molar-refractivity contribution in [3.63, 3.8) is 0 Å². The minimum atomic E-state index is -4.45. The van der Waals surface area contributed by atoms with Crippen molar-refractivity contribution in [2.75, 3.05) is 5.73 Å². The van der Waals surface area contributed by atoms with Crippen molar-refractivity contribution in [3.05, 3.63) is 47.1 Å². The van der Waals surface area contributed by atoms with Crippen molar-refractivity contribution in [1.29, 1.82) is 0 Å². The quantitative estimate of drug-likeness (QED) is 0.831. The van der Waals surface area contributed by atoms with Gasteiger partial charge >= 0.3 is 6.18 Å². The van der Waals surface area contributed by atoms with E-state index in [0.29, 0.717) is 10.6 Å². The fraction of sp³-hybridized carbons (Fsp3) is 0.0833. The minimum absolute atomic E-state index is 0.0527. The molecule has 100 valence electrons. The van der Waals surface area contributed by atoms with E-state index in [9.17, 15) is 13.2 Å². The SMILES string of the molecule is Nc1ccccc1Sc1ncc(C(F)(F)F)cc1Cl. The topological polar surface area (TPSA) is 38.9 Å². The zero-order valence-electron chi connectivity index (χ0n) is 9.41. The van der Waals surface area contributed by atoms with Crippen LogP contribution in [-0.4, -0.2) is 4.98 Å². The summed E-state index contributed by atoms with van der Waals surface area (Å²) in [5, 5.41) is 0.232. The number of nitrogen functional groups attached to an aromatic ring is 1. The summed E-state index contributed by atoms with van der Waals surface area (Å²) >= 11 is 6.94. The lowest BCUT2D eigenvalue weighted by Gasteiger charge is -2.09. The maximum atomic E-state index is 12.5. The molecule has 0 radical (unpaired) electrons. The molecule has 19 heavy (non-hydrogen) atoms. The van der Waals surface area contributed by atoms with Crippen LogP contribution in [-0.2, 0) is 6.18 Å². The molecule has 0 unspecified atom stereocenters. The van der Waals surface area contributed by atoms with Gasteiger partial charge in [0, 0.05) is 16.8 Å². The Hall–Kier alpha value is -1.40. The maximum Gasteiger partial charge on any atom is 0.417 e. The molecule has 2 rings (SSSR count). The third-order valence-electron chi connectivity index (χ3n) is 2.26. The van der Waals surface area contributed by atoms with Crippen molar-refractivity contribution in [3.8, 4) is 0 Å². The number of anilines is 1. The molecule has 0 fully saturated rings. The lowest BCUT2D eigenvalue weighted by molar-refractivity contribution is -0.137. The maximum absolute atomic E-state index is 12.5. The molecular formula is C12H8ClF3N2S. The van der Waals surface area contributed by atoms with Gasteiger partial charge in [0.2, 0.25) is 0 Å². The predicted molar refractivity (Wildman–Crippen MR) is 69.2 cm³/mol. The first-order valence-corrected chi connectivity index (χ1v) is 6.32. The molecule has 0 aliphatic carbocycles. The number of benzene rings is 1. The number of nitrogens with zero attached hydrogens (tertiary/aromatic N) is 1. The second kappa shape index (κ2) is 5.30. The summed E-state index contributed by atoms with van der Waals surface area (Å²) in [4.78, 5) is 4.43. The summed E-state index contributed by atoms with van der Waals surface area (Å²) in [5.74, 6) is 0. The molecule has 0 spiro atoms. The van der Waals surface area contributed by atoms with Gasteiger partial charge in [-0.3, -0.25) is 0 Å². The van der Waals surface area contributed by atoms with E-state index < -0.39 is 11.7 Å². The van der Waals surface area contributed by atoms with E-state index in [0.717, 1.165) is 24.0 Å². The molecule has 2 aromatic rings. The average molecular weight is 305 g/mol. The molecule has 0 atom stereocenters. The lowest BCUT2D eigenvalue weighted by Crippen LogP contribution is -2.05. The molecule has 0 amide bonds. The van der Waals surface area contributed by atoms with Crippen LogP contribution >= 0.6 is 23.4 Å². The van der Waals surface area contributed by atoms with Gasteiger partial charge in [-0.05, 0) is 18.2 Å². The van der Waals surface area contributed by atoms with Crippen LogP contribution in [0.4, 0.5) is 18.9 Å². The second-order valence-electron chi connectivity index (χ2n) is 3.65. The lowest BCUT2D eigenvalue weighted by atomic mass is 10.3. The van der Waals surface area contributed by atoms with Gasteiger partial charge in [-0.15, -0.1) is 0 Å². The van der Waals surface area contributed by atoms with Gasteiger partial charge in [0.15, 0.2) is 0 Å². The summed E-state index contributed by atoms with van der Waals surface area (Å²) < 4.78 is 37.4. The van der Waals surface area contributed by atoms with Crippen LogP contribution in [0.5, 0.6) is 0 Å². The Morgan fingerprint density at radius 2 is 1.89 bits per heavy atom. The molecule has 1 heterocycles.